The number of ether oxygens (including phenoxy) is 1. The van der Waals surface area contributed by atoms with Crippen LogP contribution in [0, 0.1) is 17.2 Å². The van der Waals surface area contributed by atoms with Crippen molar-refractivity contribution >= 4 is 35.6 Å². The quantitative estimate of drug-likeness (QED) is 0.339. The summed E-state index contributed by atoms with van der Waals surface area (Å²) in [6.45, 7) is 8.71. The summed E-state index contributed by atoms with van der Waals surface area (Å²) >= 11 is 12.1. The molecule has 0 aromatic heterocycles. The highest BCUT2D eigenvalue weighted by Crippen LogP contribution is 2.38. The third kappa shape index (κ3) is 7.58. The highest BCUT2D eigenvalue weighted by molar-refractivity contribution is 6.42. The van der Waals surface area contributed by atoms with E-state index in [0.717, 1.165) is 43.7 Å². The Morgan fingerprint density at radius 3 is 2.45 bits per heavy atom. The molecule has 0 N–H and O–H groups in total. The maximum absolute atomic E-state index is 10.2. The zero-order chi connectivity index (χ0) is 22.1. The van der Waals surface area contributed by atoms with Crippen molar-refractivity contribution in [2.24, 2.45) is 5.92 Å². The number of likely N-dealkylation sites (N-methyl/N-ethyl adjacent to an activating group) is 1. The highest BCUT2D eigenvalue weighted by Gasteiger charge is 2.35. The molecule has 0 heterocycles. The number of halogens is 3. The van der Waals surface area contributed by atoms with Crippen molar-refractivity contribution in [2.75, 3.05) is 26.7 Å². The highest BCUT2D eigenvalue weighted by atomic mass is 35.5. The van der Waals surface area contributed by atoms with E-state index in [9.17, 15) is 5.26 Å². The van der Waals surface area contributed by atoms with Gasteiger partial charge in [-0.1, -0.05) is 55.2 Å². The van der Waals surface area contributed by atoms with Gasteiger partial charge >= 0.3 is 0 Å². The van der Waals surface area contributed by atoms with E-state index in [1.54, 1.807) is 0 Å². The molecule has 0 amide bonds. The summed E-state index contributed by atoms with van der Waals surface area (Å²) < 4.78 is 5.66. The average Bonchev–Trinajstić information content (AvgIpc) is 2.72. The molecular formula is C25H33Cl3N2O. The van der Waals surface area contributed by atoms with Gasteiger partial charge in [-0.25, -0.2) is 0 Å². The van der Waals surface area contributed by atoms with Crippen LogP contribution >= 0.6 is 35.6 Å². The normalized spacial score (nSPS) is 12.9. The zero-order valence-electron chi connectivity index (χ0n) is 18.8. The van der Waals surface area contributed by atoms with Gasteiger partial charge in [-0.2, -0.15) is 5.26 Å². The Labute approximate surface area is 203 Å². The van der Waals surface area contributed by atoms with Crippen LogP contribution in [0.25, 0.3) is 0 Å². The number of hydrogen-bond donors (Lipinski definition) is 0. The van der Waals surface area contributed by atoms with Crippen molar-refractivity contribution < 1.29 is 4.74 Å². The molecule has 2 aromatic rings. The number of nitrogens with zero attached hydrogens (tertiary/aromatic N) is 2. The number of rotatable bonds is 11. The summed E-state index contributed by atoms with van der Waals surface area (Å²) in [6.07, 6.45) is 2.67. The van der Waals surface area contributed by atoms with Gasteiger partial charge < -0.3 is 9.64 Å². The standard InChI is InChI=1S/C25H32Cl2N2O.ClH/c1-5-30-22-9-6-8-21(17-22)25(18-28,19(2)3)13-7-14-29(4)15-12-20-10-11-23(26)24(27)16-20;/h6,8-11,16-17,19H,5,7,12-15H2,1-4H3;1H. The molecule has 0 aliphatic heterocycles. The lowest BCUT2D eigenvalue weighted by molar-refractivity contribution is 0.292. The van der Waals surface area contributed by atoms with E-state index in [1.807, 2.05) is 43.3 Å². The summed E-state index contributed by atoms with van der Waals surface area (Å²) in [5, 5.41) is 11.3. The fourth-order valence-electron chi connectivity index (χ4n) is 3.80. The van der Waals surface area contributed by atoms with Gasteiger partial charge in [0.2, 0.25) is 0 Å². The third-order valence-corrected chi connectivity index (χ3v) is 6.46. The van der Waals surface area contributed by atoms with E-state index < -0.39 is 5.41 Å². The largest absolute Gasteiger partial charge is 0.494 e. The Morgan fingerprint density at radius 1 is 1.10 bits per heavy atom. The van der Waals surface area contributed by atoms with E-state index in [0.29, 0.717) is 16.7 Å². The van der Waals surface area contributed by atoms with E-state index >= 15 is 0 Å². The van der Waals surface area contributed by atoms with Crippen molar-refractivity contribution in [1.82, 2.24) is 4.90 Å². The monoisotopic (exact) mass is 482 g/mol. The first-order valence-electron chi connectivity index (χ1n) is 10.6. The molecule has 1 unspecified atom stereocenters. The third-order valence-electron chi connectivity index (χ3n) is 5.72. The minimum absolute atomic E-state index is 0. The van der Waals surface area contributed by atoms with Crippen LogP contribution in [0.4, 0.5) is 0 Å². The first-order valence-corrected chi connectivity index (χ1v) is 11.3. The zero-order valence-corrected chi connectivity index (χ0v) is 21.2. The maximum atomic E-state index is 10.2. The van der Waals surface area contributed by atoms with Gasteiger partial charge in [-0.05, 0) is 81.1 Å². The van der Waals surface area contributed by atoms with Crippen LogP contribution in [0.2, 0.25) is 10.0 Å². The topological polar surface area (TPSA) is 36.3 Å². The molecular weight excluding hydrogens is 451 g/mol. The van der Waals surface area contributed by atoms with Gasteiger partial charge in [-0.15, -0.1) is 12.4 Å². The molecule has 6 heteroatoms. The van der Waals surface area contributed by atoms with Gasteiger partial charge in [0, 0.05) is 6.54 Å². The molecule has 3 nitrogen and oxygen atoms in total. The Balaban J connectivity index is 0.00000480. The van der Waals surface area contributed by atoms with Gasteiger partial charge in [-0.3, -0.25) is 0 Å². The lowest BCUT2D eigenvalue weighted by Crippen LogP contribution is -2.32. The van der Waals surface area contributed by atoms with Crippen LogP contribution in [0.1, 0.15) is 44.7 Å². The van der Waals surface area contributed by atoms with Crippen LogP contribution in [0.3, 0.4) is 0 Å². The number of nitriles is 1. The van der Waals surface area contributed by atoms with Gasteiger partial charge in [0.05, 0.1) is 28.1 Å². The lowest BCUT2D eigenvalue weighted by Gasteiger charge is -2.32. The Bertz CT molecular complexity index is 866. The van der Waals surface area contributed by atoms with Gasteiger partial charge in [0.25, 0.3) is 0 Å². The van der Waals surface area contributed by atoms with Crippen LogP contribution in [-0.2, 0) is 11.8 Å². The van der Waals surface area contributed by atoms with Crippen molar-refractivity contribution in [3.05, 3.63) is 63.6 Å². The van der Waals surface area contributed by atoms with E-state index in [4.69, 9.17) is 27.9 Å². The van der Waals surface area contributed by atoms with E-state index in [2.05, 4.69) is 37.9 Å². The fraction of sp³-hybridized carbons (Fsp3) is 0.480. The molecule has 1 atom stereocenters. The van der Waals surface area contributed by atoms with Gasteiger partial charge in [0.1, 0.15) is 5.75 Å². The molecule has 0 spiro atoms. The molecule has 2 rings (SSSR count). The smallest absolute Gasteiger partial charge is 0.119 e. The second-order valence-electron chi connectivity index (χ2n) is 8.10. The maximum Gasteiger partial charge on any atom is 0.119 e. The molecule has 0 bridgehead atoms. The average molecular weight is 484 g/mol. The van der Waals surface area contributed by atoms with Crippen molar-refractivity contribution in [3.8, 4) is 11.8 Å². The van der Waals surface area contributed by atoms with Crippen LogP contribution in [0.5, 0.6) is 5.75 Å². The summed E-state index contributed by atoms with van der Waals surface area (Å²) in [4.78, 5) is 2.31. The molecule has 0 saturated heterocycles. The van der Waals surface area contributed by atoms with Gasteiger partial charge in [0.15, 0.2) is 0 Å². The summed E-state index contributed by atoms with van der Waals surface area (Å²) in [7, 11) is 2.12. The van der Waals surface area contributed by atoms with Crippen LogP contribution in [-0.4, -0.2) is 31.6 Å². The summed E-state index contributed by atoms with van der Waals surface area (Å²) in [5.74, 6) is 1.04. The second-order valence-corrected chi connectivity index (χ2v) is 8.92. The van der Waals surface area contributed by atoms with Crippen molar-refractivity contribution in [1.29, 1.82) is 5.26 Å². The molecule has 0 aliphatic rings. The predicted molar refractivity (Wildman–Crippen MR) is 134 cm³/mol. The fourth-order valence-corrected chi connectivity index (χ4v) is 4.12. The Kier molecular flexibility index (Phi) is 11.7. The first kappa shape index (κ1) is 27.6. The van der Waals surface area contributed by atoms with E-state index in [1.165, 1.54) is 5.56 Å². The molecule has 2 aromatic carbocycles. The molecule has 31 heavy (non-hydrogen) atoms. The number of benzene rings is 2. The molecule has 0 radical (unpaired) electrons. The second kappa shape index (κ2) is 13.2. The van der Waals surface area contributed by atoms with Crippen LogP contribution < -0.4 is 4.74 Å². The first-order chi connectivity index (χ1) is 14.3. The molecule has 0 saturated carbocycles. The Hall–Kier alpha value is -1.44. The minimum Gasteiger partial charge on any atom is -0.494 e. The predicted octanol–water partition coefficient (Wildman–Crippen LogP) is 7.19. The van der Waals surface area contributed by atoms with Crippen molar-refractivity contribution in [3.63, 3.8) is 0 Å². The van der Waals surface area contributed by atoms with E-state index in [-0.39, 0.29) is 18.3 Å². The minimum atomic E-state index is -0.516. The van der Waals surface area contributed by atoms with Crippen LogP contribution in [0.15, 0.2) is 42.5 Å². The molecule has 170 valence electrons. The molecule has 0 aliphatic carbocycles. The lowest BCUT2D eigenvalue weighted by atomic mass is 9.70. The number of hydrogen-bond acceptors (Lipinski definition) is 3. The molecule has 0 fully saturated rings. The van der Waals surface area contributed by atoms with Crippen molar-refractivity contribution in [2.45, 2.75) is 45.4 Å². The Morgan fingerprint density at radius 2 is 1.84 bits per heavy atom. The SMILES string of the molecule is CCOc1cccc(C(C#N)(CCCN(C)CCc2ccc(Cl)c(Cl)c2)C(C)C)c1.Cl. The summed E-state index contributed by atoms with van der Waals surface area (Å²) in [6, 6.07) is 16.5. The summed E-state index contributed by atoms with van der Waals surface area (Å²) in [5.41, 5.74) is 1.71.